The number of hydrogen-bond donors (Lipinski definition) is 0. The molecule has 0 fully saturated rings. The van der Waals surface area contributed by atoms with Crippen LogP contribution in [0.15, 0.2) is 141 Å². The van der Waals surface area contributed by atoms with Crippen LogP contribution in [0, 0.1) is 13.8 Å². The Morgan fingerprint density at radius 1 is 0.276 bits per heavy atom. The zero-order valence-corrected chi connectivity index (χ0v) is 31.1. The molecule has 0 saturated carbocycles. The van der Waals surface area contributed by atoms with E-state index in [0.717, 1.165) is 97.3 Å². The summed E-state index contributed by atoms with van der Waals surface area (Å²) in [5.74, 6) is 0. The van der Waals surface area contributed by atoms with Gasteiger partial charge < -0.3 is 0 Å². The Labute approximate surface area is 325 Å². The minimum atomic E-state index is -0.137. The molecule has 0 spiro atoms. The van der Waals surface area contributed by atoms with E-state index in [4.69, 9.17) is 0 Å². The van der Waals surface area contributed by atoms with E-state index in [2.05, 4.69) is 60.7 Å². The van der Waals surface area contributed by atoms with E-state index in [0.29, 0.717) is 43.6 Å². The maximum Gasteiger partial charge on any atom is 0.263 e. The van der Waals surface area contributed by atoms with Crippen LogP contribution in [0.2, 0.25) is 0 Å². The number of nitrogens with zero attached hydrogens (tertiary/aromatic N) is 2. The summed E-state index contributed by atoms with van der Waals surface area (Å²) in [7, 11) is 0. The van der Waals surface area contributed by atoms with Crippen LogP contribution in [-0.4, -0.2) is 8.80 Å². The smallest absolute Gasteiger partial charge is 0.263 e. The fraction of sp³-hybridized carbons (Fsp3) is 0.0385. The topological polar surface area (TPSA) is 77.1 Å². The van der Waals surface area contributed by atoms with Crippen LogP contribution in [0.4, 0.5) is 0 Å². The molecule has 6 heteroatoms. The number of aromatic nitrogens is 2. The van der Waals surface area contributed by atoms with E-state index >= 15 is 0 Å². The number of fused-ring (bicyclic) bond motifs is 12. The van der Waals surface area contributed by atoms with Gasteiger partial charge in [-0.15, -0.1) is 0 Å². The molecule has 0 unspecified atom stereocenters. The van der Waals surface area contributed by atoms with Crippen LogP contribution in [0.3, 0.4) is 0 Å². The van der Waals surface area contributed by atoms with Gasteiger partial charge in [0.2, 0.25) is 0 Å². The van der Waals surface area contributed by atoms with Crippen LogP contribution in [0.5, 0.6) is 0 Å². The summed E-state index contributed by atoms with van der Waals surface area (Å²) in [5.41, 5.74) is 3.94. The predicted octanol–water partition coefficient (Wildman–Crippen LogP) is 10.7. The van der Waals surface area contributed by atoms with Gasteiger partial charge in [0.25, 0.3) is 11.1 Å². The number of pyridine rings is 4. The standard InChI is InChI=1S/C52H26N2O4/c1-23-3-17-39-37(19-23)43(55)21-41-33-13-9-29-25-5-8-28-32-12-16-36-50-34(42-22-44(56)38-20-24(2)4-18-40(38)54(42)52(36)58)14-10-30(48(32)50)26-6-7-27(45(25)46(26)28)31-11-15-35(49(33)47(29)31)51(57)53(39)41/h3-22H,1-2H3. The molecular weight excluding hydrogens is 717 g/mol. The third-order valence-corrected chi connectivity index (χ3v) is 13.4. The molecule has 0 aliphatic heterocycles. The van der Waals surface area contributed by atoms with Crippen LogP contribution in [0.25, 0.3) is 130 Å². The Hall–Kier alpha value is -7.70. The van der Waals surface area contributed by atoms with Crippen molar-refractivity contribution < 1.29 is 0 Å². The van der Waals surface area contributed by atoms with Crippen molar-refractivity contribution in [1.29, 1.82) is 0 Å². The van der Waals surface area contributed by atoms with Gasteiger partial charge in [-0.3, -0.25) is 28.0 Å². The first-order valence-corrected chi connectivity index (χ1v) is 19.5. The summed E-state index contributed by atoms with van der Waals surface area (Å²) in [6.45, 7) is 3.90. The molecule has 4 heterocycles. The van der Waals surface area contributed by atoms with Gasteiger partial charge in [-0.1, -0.05) is 83.9 Å². The number of rotatable bonds is 0. The lowest BCUT2D eigenvalue weighted by atomic mass is 9.82. The summed E-state index contributed by atoms with van der Waals surface area (Å²) in [4.78, 5) is 56.0. The first kappa shape index (κ1) is 30.5. The van der Waals surface area contributed by atoms with Crippen molar-refractivity contribution in [3.63, 3.8) is 0 Å². The Balaban J connectivity index is 1.14. The number of benzene rings is 10. The second kappa shape index (κ2) is 9.81. The summed E-state index contributed by atoms with van der Waals surface area (Å²) < 4.78 is 3.41. The molecule has 268 valence electrons. The molecule has 0 atom stereocenters. The molecule has 0 N–H and O–H groups in total. The molecule has 14 aromatic rings. The van der Waals surface area contributed by atoms with Crippen LogP contribution in [-0.2, 0) is 0 Å². The van der Waals surface area contributed by atoms with Crippen molar-refractivity contribution in [2.45, 2.75) is 13.8 Å². The minimum Gasteiger partial charge on any atom is -0.289 e. The van der Waals surface area contributed by atoms with E-state index in [-0.39, 0.29) is 22.0 Å². The Kier molecular flexibility index (Phi) is 5.16. The SMILES string of the molecule is Cc1ccc2c(c1)c(=O)cc1c3ccc4c5ccc6c7ccc8c(=O)n9c%10ccc(C)cc%10c(=O)cc9c9ccc(c%10ccc(c%11ccc(c(=O)n21)c3c%114)c5c6%10)c7c89. The highest BCUT2D eigenvalue weighted by atomic mass is 16.1. The average molecular weight is 743 g/mol. The highest BCUT2D eigenvalue weighted by Gasteiger charge is 2.24. The molecular formula is C52H26N2O4. The summed E-state index contributed by atoms with van der Waals surface area (Å²) in [6.07, 6.45) is 0. The molecule has 0 aliphatic rings. The maximum atomic E-state index is 14.5. The van der Waals surface area contributed by atoms with Crippen molar-refractivity contribution >= 4 is 130 Å². The summed E-state index contributed by atoms with van der Waals surface area (Å²) in [6, 6.07) is 40.0. The monoisotopic (exact) mass is 742 g/mol. The van der Waals surface area contributed by atoms with Crippen LogP contribution < -0.4 is 22.0 Å². The van der Waals surface area contributed by atoms with E-state index in [9.17, 15) is 19.2 Å². The lowest BCUT2D eigenvalue weighted by molar-refractivity contribution is 1.18. The van der Waals surface area contributed by atoms with E-state index < -0.39 is 0 Å². The van der Waals surface area contributed by atoms with Gasteiger partial charge in [0, 0.05) is 55.2 Å². The van der Waals surface area contributed by atoms with Crippen LogP contribution in [0.1, 0.15) is 11.1 Å². The molecule has 0 saturated heterocycles. The van der Waals surface area contributed by atoms with E-state index in [1.54, 1.807) is 20.9 Å². The molecule has 10 aromatic carbocycles. The molecule has 14 rings (SSSR count). The Morgan fingerprint density at radius 2 is 0.552 bits per heavy atom. The molecule has 58 heavy (non-hydrogen) atoms. The number of hydrogen-bond acceptors (Lipinski definition) is 4. The number of aryl methyl sites for hydroxylation is 2. The third kappa shape index (κ3) is 3.32. The molecule has 0 bridgehead atoms. The zero-order chi connectivity index (χ0) is 38.6. The molecule has 0 amide bonds. The first-order chi connectivity index (χ1) is 28.3. The molecule has 4 aromatic heterocycles. The molecule has 0 aliphatic carbocycles. The quantitative estimate of drug-likeness (QED) is 0.114. The first-order valence-electron chi connectivity index (χ1n) is 19.5. The second-order valence-electron chi connectivity index (χ2n) is 16.3. The second-order valence-corrected chi connectivity index (χ2v) is 16.3. The van der Waals surface area contributed by atoms with Gasteiger partial charge in [-0.05, 0) is 115 Å². The van der Waals surface area contributed by atoms with Crippen molar-refractivity contribution in [3.8, 4) is 0 Å². The van der Waals surface area contributed by atoms with Gasteiger partial charge in [0.15, 0.2) is 10.9 Å². The summed E-state index contributed by atoms with van der Waals surface area (Å²) >= 11 is 0. The lowest BCUT2D eigenvalue weighted by Gasteiger charge is -2.21. The van der Waals surface area contributed by atoms with Gasteiger partial charge in [-0.25, -0.2) is 0 Å². The fourth-order valence-corrected chi connectivity index (χ4v) is 11.0. The van der Waals surface area contributed by atoms with Gasteiger partial charge in [0.1, 0.15) is 0 Å². The predicted molar refractivity (Wildman–Crippen MR) is 240 cm³/mol. The van der Waals surface area contributed by atoms with Gasteiger partial charge in [0.05, 0.1) is 22.1 Å². The highest BCUT2D eigenvalue weighted by Crippen LogP contribution is 2.49. The van der Waals surface area contributed by atoms with Crippen molar-refractivity contribution in [2.75, 3.05) is 0 Å². The summed E-state index contributed by atoms with van der Waals surface area (Å²) in [5, 5.41) is 18.8. The zero-order valence-electron chi connectivity index (χ0n) is 31.1. The Bertz CT molecular complexity index is 4180. The molecule has 6 nitrogen and oxygen atoms in total. The Morgan fingerprint density at radius 3 is 0.879 bits per heavy atom. The largest absolute Gasteiger partial charge is 0.289 e. The molecule has 0 radical (unpaired) electrons. The average Bonchev–Trinajstić information content (AvgIpc) is 3.23. The van der Waals surface area contributed by atoms with Crippen molar-refractivity contribution in [2.24, 2.45) is 0 Å². The van der Waals surface area contributed by atoms with Crippen molar-refractivity contribution in [1.82, 2.24) is 8.80 Å². The lowest BCUT2D eigenvalue weighted by Crippen LogP contribution is -2.18. The van der Waals surface area contributed by atoms with Gasteiger partial charge in [-0.2, -0.15) is 0 Å². The van der Waals surface area contributed by atoms with E-state index in [1.165, 1.54) is 0 Å². The third-order valence-electron chi connectivity index (χ3n) is 13.4. The highest BCUT2D eigenvalue weighted by molar-refractivity contribution is 6.45. The maximum absolute atomic E-state index is 14.5. The van der Waals surface area contributed by atoms with Crippen molar-refractivity contribution in [3.05, 3.63) is 174 Å². The van der Waals surface area contributed by atoms with Gasteiger partial charge >= 0.3 is 0 Å². The van der Waals surface area contributed by atoms with Crippen LogP contribution >= 0.6 is 0 Å². The normalized spacial score (nSPS) is 12.9. The fourth-order valence-electron chi connectivity index (χ4n) is 11.0. The van der Waals surface area contributed by atoms with E-state index in [1.807, 2.05) is 62.4 Å². The minimum absolute atomic E-state index is 0.0992.